The van der Waals surface area contributed by atoms with Crippen molar-refractivity contribution in [2.75, 3.05) is 31.2 Å². The number of anilines is 1. The van der Waals surface area contributed by atoms with Gasteiger partial charge in [0, 0.05) is 19.2 Å². The summed E-state index contributed by atoms with van der Waals surface area (Å²) >= 11 is 0. The van der Waals surface area contributed by atoms with Crippen LogP contribution in [0.4, 0.5) is 11.4 Å². The van der Waals surface area contributed by atoms with E-state index in [9.17, 15) is 10.1 Å². The normalized spacial score (nSPS) is 21.8. The van der Waals surface area contributed by atoms with Crippen molar-refractivity contribution in [1.29, 1.82) is 0 Å². The largest absolute Gasteiger partial charge is 0.360 e. The van der Waals surface area contributed by atoms with Gasteiger partial charge >= 0.3 is 5.69 Å². The van der Waals surface area contributed by atoms with E-state index in [1.807, 2.05) is 4.90 Å². The Balaban J connectivity index is 1.87. The summed E-state index contributed by atoms with van der Waals surface area (Å²) in [4.78, 5) is 16.4. The molecule has 3 heterocycles. The van der Waals surface area contributed by atoms with Gasteiger partial charge in [-0.2, -0.15) is 0 Å². The monoisotopic (exact) mass is 265 g/mol. The summed E-state index contributed by atoms with van der Waals surface area (Å²) in [6, 6.07) is 1.67. The molecule has 0 bridgehead atoms. The van der Waals surface area contributed by atoms with Gasteiger partial charge in [0.1, 0.15) is 11.9 Å². The molecule has 2 fully saturated rings. The number of hydrogen-bond acceptors (Lipinski definition) is 6. The molecule has 0 aliphatic carbocycles. The summed E-state index contributed by atoms with van der Waals surface area (Å²) in [5.74, 6) is -0.588. The van der Waals surface area contributed by atoms with E-state index in [1.54, 1.807) is 12.3 Å². The van der Waals surface area contributed by atoms with Crippen LogP contribution in [0.25, 0.3) is 0 Å². The van der Waals surface area contributed by atoms with E-state index in [0.29, 0.717) is 25.4 Å². The first-order chi connectivity index (χ1) is 9.20. The summed E-state index contributed by atoms with van der Waals surface area (Å²) in [7, 11) is 0. The fraction of sp³-hybridized carbons (Fsp3) is 0.583. The highest BCUT2D eigenvalue weighted by atomic mass is 16.7. The first-order valence-corrected chi connectivity index (χ1v) is 6.31. The van der Waals surface area contributed by atoms with Crippen molar-refractivity contribution in [1.82, 2.24) is 4.98 Å². The van der Waals surface area contributed by atoms with Crippen LogP contribution in [0.2, 0.25) is 0 Å². The molecule has 1 aromatic heterocycles. The molecule has 0 saturated carbocycles. The number of nitro groups is 1. The van der Waals surface area contributed by atoms with Crippen LogP contribution in [0.5, 0.6) is 0 Å². The molecule has 19 heavy (non-hydrogen) atoms. The van der Waals surface area contributed by atoms with Crippen LogP contribution >= 0.6 is 0 Å². The Bertz CT molecular complexity index is 488. The van der Waals surface area contributed by atoms with Crippen molar-refractivity contribution >= 4 is 11.4 Å². The number of rotatable bonds is 2. The number of ether oxygens (including phenoxy) is 2. The lowest BCUT2D eigenvalue weighted by atomic mass is 10.0. The van der Waals surface area contributed by atoms with Crippen LogP contribution in [0.3, 0.4) is 0 Å². The van der Waals surface area contributed by atoms with E-state index in [-0.39, 0.29) is 5.69 Å². The highest BCUT2D eigenvalue weighted by Gasteiger charge is 2.41. The van der Waals surface area contributed by atoms with Crippen LogP contribution in [0, 0.1) is 10.1 Å². The van der Waals surface area contributed by atoms with Gasteiger partial charge in [0.25, 0.3) is 0 Å². The van der Waals surface area contributed by atoms with Gasteiger partial charge in [-0.05, 0) is 12.5 Å². The lowest BCUT2D eigenvalue weighted by Crippen LogP contribution is -2.49. The van der Waals surface area contributed by atoms with Gasteiger partial charge < -0.3 is 14.4 Å². The van der Waals surface area contributed by atoms with Crippen molar-refractivity contribution in [3.05, 3.63) is 28.6 Å². The smallest absolute Gasteiger partial charge is 0.310 e. The van der Waals surface area contributed by atoms with E-state index < -0.39 is 10.7 Å². The van der Waals surface area contributed by atoms with Crippen LogP contribution in [-0.2, 0) is 9.47 Å². The summed E-state index contributed by atoms with van der Waals surface area (Å²) in [6.07, 6.45) is 4.58. The zero-order chi connectivity index (χ0) is 13.3. The molecule has 2 aliphatic heterocycles. The van der Waals surface area contributed by atoms with Crippen molar-refractivity contribution in [3.8, 4) is 0 Å². The molecular formula is C12H15N3O4. The fourth-order valence-corrected chi connectivity index (χ4v) is 2.71. The molecule has 7 nitrogen and oxygen atoms in total. The Kier molecular flexibility index (Phi) is 3.08. The first-order valence-electron chi connectivity index (χ1n) is 6.31. The predicted molar refractivity (Wildman–Crippen MR) is 67.0 cm³/mol. The fourth-order valence-electron chi connectivity index (χ4n) is 2.71. The third-order valence-corrected chi connectivity index (χ3v) is 3.55. The van der Waals surface area contributed by atoms with E-state index in [1.165, 1.54) is 6.20 Å². The summed E-state index contributed by atoms with van der Waals surface area (Å²) in [5, 5.41) is 11.1. The number of pyridine rings is 1. The van der Waals surface area contributed by atoms with Crippen molar-refractivity contribution < 1.29 is 14.4 Å². The quantitative estimate of drug-likeness (QED) is 0.593. The van der Waals surface area contributed by atoms with E-state index >= 15 is 0 Å². The molecule has 0 radical (unpaired) electrons. The number of nitrogens with zero attached hydrogens (tertiary/aromatic N) is 3. The van der Waals surface area contributed by atoms with Crippen LogP contribution < -0.4 is 4.90 Å². The van der Waals surface area contributed by atoms with Crippen LogP contribution in [0.15, 0.2) is 18.5 Å². The molecule has 102 valence electrons. The maximum atomic E-state index is 11.1. The Morgan fingerprint density at radius 2 is 2.21 bits per heavy atom. The predicted octanol–water partition coefficient (Wildman–Crippen LogP) is 1.33. The highest BCUT2D eigenvalue weighted by molar-refractivity contribution is 5.62. The van der Waals surface area contributed by atoms with Crippen LogP contribution in [-0.4, -0.2) is 42.0 Å². The van der Waals surface area contributed by atoms with Crippen molar-refractivity contribution in [2.45, 2.75) is 18.6 Å². The van der Waals surface area contributed by atoms with Crippen molar-refractivity contribution in [3.63, 3.8) is 0 Å². The summed E-state index contributed by atoms with van der Waals surface area (Å²) in [6.45, 7) is 2.47. The molecule has 0 atom stereocenters. The average molecular weight is 265 g/mol. The zero-order valence-electron chi connectivity index (χ0n) is 10.4. The second-order valence-corrected chi connectivity index (χ2v) is 4.75. The maximum Gasteiger partial charge on any atom is 0.310 e. The van der Waals surface area contributed by atoms with E-state index in [0.717, 1.165) is 19.4 Å². The minimum Gasteiger partial charge on any atom is -0.360 e. The molecule has 1 aromatic rings. The molecule has 0 N–H and O–H groups in total. The highest BCUT2D eigenvalue weighted by Crippen LogP contribution is 2.35. The Hall–Kier alpha value is -1.73. The van der Waals surface area contributed by atoms with Gasteiger partial charge in [-0.3, -0.25) is 15.1 Å². The molecule has 1 spiro atoms. The van der Waals surface area contributed by atoms with E-state index in [4.69, 9.17) is 9.47 Å². The minimum atomic E-state index is -0.588. The lowest BCUT2D eigenvalue weighted by molar-refractivity contribution is -0.384. The summed E-state index contributed by atoms with van der Waals surface area (Å²) < 4.78 is 11.4. The topological polar surface area (TPSA) is 77.7 Å². The van der Waals surface area contributed by atoms with Gasteiger partial charge in [-0.25, -0.2) is 0 Å². The summed E-state index contributed by atoms with van der Waals surface area (Å²) in [5.41, 5.74) is 0.607. The molecule has 7 heteroatoms. The van der Waals surface area contributed by atoms with Gasteiger partial charge in [0.05, 0.1) is 24.7 Å². The molecule has 2 aliphatic rings. The molecule has 0 unspecified atom stereocenters. The van der Waals surface area contributed by atoms with Crippen molar-refractivity contribution in [2.24, 2.45) is 0 Å². The molecular weight excluding hydrogens is 250 g/mol. The average Bonchev–Trinajstić information content (AvgIpc) is 2.86. The molecule has 0 aromatic carbocycles. The Labute approximate surface area is 110 Å². The molecule has 2 saturated heterocycles. The lowest BCUT2D eigenvalue weighted by Gasteiger charge is -2.39. The molecule has 3 rings (SSSR count). The van der Waals surface area contributed by atoms with E-state index in [2.05, 4.69) is 4.98 Å². The number of aromatic nitrogens is 1. The second kappa shape index (κ2) is 4.75. The SMILES string of the molecule is O=[N+]([O-])c1cnccc1N1CCCC2(C1)OCCO2. The molecule has 0 amide bonds. The van der Waals surface area contributed by atoms with Gasteiger partial charge in [-0.1, -0.05) is 0 Å². The number of hydrogen-bond donors (Lipinski definition) is 0. The Morgan fingerprint density at radius 1 is 1.42 bits per heavy atom. The third kappa shape index (κ3) is 2.26. The zero-order valence-corrected chi connectivity index (χ0v) is 10.4. The van der Waals surface area contributed by atoms with Crippen LogP contribution in [0.1, 0.15) is 12.8 Å². The maximum absolute atomic E-state index is 11.1. The first kappa shape index (κ1) is 12.3. The van der Waals surface area contributed by atoms with Gasteiger partial charge in [-0.15, -0.1) is 0 Å². The standard InChI is InChI=1S/C12H15N3O4/c16-15(17)11-8-13-4-2-10(11)14-5-1-3-12(9-14)18-6-7-19-12/h2,4,8H,1,3,5-7,9H2. The minimum absolute atomic E-state index is 0.0255. The van der Waals surface area contributed by atoms with Gasteiger partial charge in [0.2, 0.25) is 0 Å². The third-order valence-electron chi connectivity index (χ3n) is 3.55. The van der Waals surface area contributed by atoms with Gasteiger partial charge in [0.15, 0.2) is 5.79 Å². The number of piperidine rings is 1. The Morgan fingerprint density at radius 3 is 2.95 bits per heavy atom. The second-order valence-electron chi connectivity index (χ2n) is 4.75.